The summed E-state index contributed by atoms with van der Waals surface area (Å²) in [5.74, 6) is -1.71. The molecule has 0 aromatic heterocycles. The highest BCUT2D eigenvalue weighted by atomic mass is 32.2. The Morgan fingerprint density at radius 2 is 1.64 bits per heavy atom. The molecule has 1 unspecified atom stereocenters. The lowest BCUT2D eigenvalue weighted by molar-refractivity contribution is -0.139. The molecule has 0 spiro atoms. The number of sulfonamides is 1. The highest BCUT2D eigenvalue weighted by Gasteiger charge is 2.44. The van der Waals surface area contributed by atoms with Gasteiger partial charge in [0.2, 0.25) is 15.9 Å². The number of hydrogen-bond acceptors (Lipinski definition) is 4. The largest absolute Gasteiger partial charge is 0.381 e. The number of rotatable bonds is 5. The normalized spacial score (nSPS) is 24.4. The highest BCUT2D eigenvalue weighted by Crippen LogP contribution is 2.36. The van der Waals surface area contributed by atoms with Gasteiger partial charge in [0.15, 0.2) is 0 Å². The summed E-state index contributed by atoms with van der Waals surface area (Å²) in [6.45, 7) is 1.56. The molecule has 6 nitrogen and oxygen atoms in total. The zero-order valence-electron chi connectivity index (χ0n) is 15.5. The van der Waals surface area contributed by atoms with E-state index < -0.39 is 26.6 Å². The summed E-state index contributed by atoms with van der Waals surface area (Å²) in [4.78, 5) is 14.4. The van der Waals surface area contributed by atoms with E-state index in [1.54, 1.807) is 0 Å². The molecule has 4 rings (SSSR count). The Labute approximate surface area is 163 Å². The van der Waals surface area contributed by atoms with E-state index in [0.29, 0.717) is 25.7 Å². The van der Waals surface area contributed by atoms with Crippen molar-refractivity contribution in [3.63, 3.8) is 0 Å². The third-order valence-electron chi connectivity index (χ3n) is 5.76. The van der Waals surface area contributed by atoms with Crippen molar-refractivity contribution >= 4 is 15.9 Å². The monoisotopic (exact) mass is 414 g/mol. The van der Waals surface area contributed by atoms with Gasteiger partial charge in [-0.05, 0) is 44.2 Å². The van der Waals surface area contributed by atoms with Crippen molar-refractivity contribution in [3.8, 4) is 0 Å². The van der Waals surface area contributed by atoms with Crippen LogP contribution in [0.4, 0.5) is 8.78 Å². The lowest BCUT2D eigenvalue weighted by Crippen LogP contribution is -2.51. The van der Waals surface area contributed by atoms with Crippen molar-refractivity contribution in [2.75, 3.05) is 26.3 Å². The van der Waals surface area contributed by atoms with E-state index in [1.807, 2.05) is 4.90 Å². The number of amides is 1. The quantitative estimate of drug-likeness (QED) is 0.741. The minimum atomic E-state index is -4.02. The van der Waals surface area contributed by atoms with Gasteiger partial charge < -0.3 is 9.64 Å². The van der Waals surface area contributed by atoms with E-state index in [4.69, 9.17) is 4.74 Å². The van der Waals surface area contributed by atoms with E-state index >= 15 is 0 Å². The van der Waals surface area contributed by atoms with Gasteiger partial charge in [0.25, 0.3) is 0 Å². The Balaban J connectivity index is 1.54. The number of carbonyl (C=O) groups excluding carboxylic acids is 1. The van der Waals surface area contributed by atoms with E-state index in [-0.39, 0.29) is 37.0 Å². The van der Waals surface area contributed by atoms with Crippen molar-refractivity contribution in [1.29, 1.82) is 0 Å². The first-order chi connectivity index (χ1) is 13.4. The van der Waals surface area contributed by atoms with E-state index in [9.17, 15) is 22.0 Å². The zero-order chi connectivity index (χ0) is 19.9. The number of halogens is 2. The average Bonchev–Trinajstić information content (AvgIpc) is 3.40. The average molecular weight is 414 g/mol. The predicted molar refractivity (Wildman–Crippen MR) is 96.9 cm³/mol. The highest BCUT2D eigenvalue weighted by molar-refractivity contribution is 7.89. The lowest BCUT2D eigenvalue weighted by atomic mass is 10.0. The lowest BCUT2D eigenvalue weighted by Gasteiger charge is -2.38. The van der Waals surface area contributed by atoms with Crippen molar-refractivity contribution in [2.45, 2.75) is 49.1 Å². The Kier molecular flexibility index (Phi) is 5.41. The Bertz CT molecular complexity index is 833. The topological polar surface area (TPSA) is 66.9 Å². The van der Waals surface area contributed by atoms with Crippen LogP contribution in [0.5, 0.6) is 0 Å². The molecule has 1 saturated carbocycles. The first-order valence-corrected chi connectivity index (χ1v) is 11.2. The predicted octanol–water partition coefficient (Wildman–Crippen LogP) is 2.15. The van der Waals surface area contributed by atoms with Crippen LogP contribution in [0.2, 0.25) is 0 Å². The molecule has 3 fully saturated rings. The second-order valence-electron chi connectivity index (χ2n) is 7.77. The Morgan fingerprint density at radius 1 is 1.00 bits per heavy atom. The molecule has 1 aromatic carbocycles. The van der Waals surface area contributed by atoms with Crippen molar-refractivity contribution in [1.82, 2.24) is 9.21 Å². The van der Waals surface area contributed by atoms with Crippen LogP contribution < -0.4 is 0 Å². The van der Waals surface area contributed by atoms with Crippen molar-refractivity contribution in [3.05, 3.63) is 29.8 Å². The van der Waals surface area contributed by atoms with E-state index in [0.717, 1.165) is 37.8 Å². The van der Waals surface area contributed by atoms with Gasteiger partial charge in [-0.1, -0.05) is 0 Å². The smallest absolute Gasteiger partial charge is 0.243 e. The van der Waals surface area contributed by atoms with Crippen LogP contribution in [0.3, 0.4) is 0 Å². The maximum absolute atomic E-state index is 13.5. The third-order valence-corrected chi connectivity index (χ3v) is 7.60. The molecule has 2 saturated heterocycles. The number of nitrogens with zero attached hydrogens (tertiary/aromatic N) is 2. The fourth-order valence-corrected chi connectivity index (χ4v) is 5.68. The van der Waals surface area contributed by atoms with Crippen LogP contribution in [0.15, 0.2) is 23.1 Å². The number of hydrogen-bond donors (Lipinski definition) is 0. The third kappa shape index (κ3) is 3.92. The second kappa shape index (κ2) is 7.68. The van der Waals surface area contributed by atoms with E-state index in [1.165, 1.54) is 4.31 Å². The van der Waals surface area contributed by atoms with Gasteiger partial charge in [0.05, 0.1) is 4.90 Å². The van der Waals surface area contributed by atoms with Crippen LogP contribution in [-0.4, -0.2) is 61.9 Å². The van der Waals surface area contributed by atoms with Crippen LogP contribution in [0.25, 0.3) is 0 Å². The van der Waals surface area contributed by atoms with Crippen LogP contribution in [-0.2, 0) is 19.6 Å². The van der Waals surface area contributed by atoms with Crippen molar-refractivity contribution in [2.24, 2.45) is 5.92 Å². The minimum Gasteiger partial charge on any atom is -0.381 e. The molecule has 0 bridgehead atoms. The summed E-state index contributed by atoms with van der Waals surface area (Å²) >= 11 is 0. The summed E-state index contributed by atoms with van der Waals surface area (Å²) in [5, 5.41) is 0. The molecular formula is C19H24F2N2O4S. The summed E-state index contributed by atoms with van der Waals surface area (Å²) in [7, 11) is -4.02. The molecule has 9 heteroatoms. The summed E-state index contributed by atoms with van der Waals surface area (Å²) < 4.78 is 59.4. The van der Waals surface area contributed by atoms with Gasteiger partial charge in [-0.25, -0.2) is 17.2 Å². The standard InChI is InChI=1S/C19H24F2N2O4S/c20-14-9-15(21)11-18(10-14)28(25,26)22-6-3-17(12-22)23(19(24)13-1-2-13)16-4-7-27-8-5-16/h9-11,13,16-17H,1-8,12H2. The number of ether oxygens (including phenoxy) is 1. The number of carbonyl (C=O) groups is 1. The van der Waals surface area contributed by atoms with Gasteiger partial charge >= 0.3 is 0 Å². The Hall–Kier alpha value is -1.58. The van der Waals surface area contributed by atoms with Gasteiger partial charge in [-0.2, -0.15) is 4.31 Å². The van der Waals surface area contributed by atoms with Crippen LogP contribution in [0.1, 0.15) is 32.1 Å². The summed E-state index contributed by atoms with van der Waals surface area (Å²) in [6, 6.07) is 2.15. The van der Waals surface area contributed by atoms with Gasteiger partial charge in [0, 0.05) is 50.4 Å². The summed E-state index contributed by atoms with van der Waals surface area (Å²) in [6.07, 6.45) is 3.78. The second-order valence-corrected chi connectivity index (χ2v) is 9.71. The molecule has 0 radical (unpaired) electrons. The van der Waals surface area contributed by atoms with Gasteiger partial charge in [-0.3, -0.25) is 4.79 Å². The molecule has 2 heterocycles. The molecule has 1 amide bonds. The fraction of sp³-hybridized carbons (Fsp3) is 0.632. The zero-order valence-corrected chi connectivity index (χ0v) is 16.3. The maximum Gasteiger partial charge on any atom is 0.243 e. The van der Waals surface area contributed by atoms with E-state index in [2.05, 4.69) is 0 Å². The minimum absolute atomic E-state index is 0.0471. The maximum atomic E-state index is 13.5. The molecule has 154 valence electrons. The SMILES string of the molecule is O=C(C1CC1)N(C1CCOCC1)C1CCN(S(=O)(=O)c2cc(F)cc(F)c2)C1. The molecule has 0 N–H and O–H groups in total. The molecule has 1 aromatic rings. The molecule has 3 aliphatic rings. The fourth-order valence-electron chi connectivity index (χ4n) is 4.14. The summed E-state index contributed by atoms with van der Waals surface area (Å²) in [5.41, 5.74) is 0. The first-order valence-electron chi connectivity index (χ1n) is 9.72. The molecule has 28 heavy (non-hydrogen) atoms. The van der Waals surface area contributed by atoms with Gasteiger partial charge in [-0.15, -0.1) is 0 Å². The van der Waals surface area contributed by atoms with Crippen molar-refractivity contribution < 1.29 is 26.7 Å². The molecule has 2 aliphatic heterocycles. The molecule has 1 aliphatic carbocycles. The van der Waals surface area contributed by atoms with Crippen LogP contribution >= 0.6 is 0 Å². The van der Waals surface area contributed by atoms with Crippen LogP contribution in [0, 0.1) is 17.6 Å². The first kappa shape index (κ1) is 19.7. The Morgan fingerprint density at radius 3 is 2.25 bits per heavy atom. The molecular weight excluding hydrogens is 390 g/mol. The molecule has 1 atom stereocenters. The number of benzene rings is 1. The van der Waals surface area contributed by atoms with Gasteiger partial charge in [0.1, 0.15) is 11.6 Å².